The van der Waals surface area contributed by atoms with Crippen LogP contribution in [0.5, 0.6) is 0 Å². The maximum Gasteiger partial charge on any atom is 0.240 e. The highest BCUT2D eigenvalue weighted by molar-refractivity contribution is 5.18. The van der Waals surface area contributed by atoms with E-state index in [4.69, 9.17) is 4.52 Å². The van der Waals surface area contributed by atoms with Crippen LogP contribution in [0.4, 0.5) is 0 Å². The van der Waals surface area contributed by atoms with Gasteiger partial charge in [-0.25, -0.2) is 0 Å². The van der Waals surface area contributed by atoms with Crippen LogP contribution in [0.1, 0.15) is 55.8 Å². The third-order valence-electron chi connectivity index (χ3n) is 5.41. The smallest absolute Gasteiger partial charge is 0.240 e. The molecule has 0 N–H and O–H groups in total. The number of benzene rings is 1. The summed E-state index contributed by atoms with van der Waals surface area (Å²) in [6.45, 7) is 2.00. The zero-order chi connectivity index (χ0) is 15.5. The maximum atomic E-state index is 5.52. The van der Waals surface area contributed by atoms with Crippen LogP contribution in [-0.2, 0) is 13.0 Å². The molecule has 122 valence electrons. The number of rotatable bonds is 4. The Morgan fingerprint density at radius 1 is 1.04 bits per heavy atom. The number of nitrogens with zero attached hydrogens (tertiary/aromatic N) is 3. The van der Waals surface area contributed by atoms with Crippen LogP contribution >= 0.6 is 0 Å². The standard InChI is InChI=1S/C19H25N3O/c1-2-7-15(8-3-1)13-18-20-19(23-21-18)14-22-12-6-10-16-9-4-5-11-17(16)22/h1-3,7-8,16-17H,4-6,9-14H2/t16-,17-/m0/s1. The number of likely N-dealkylation sites (tertiary alicyclic amines) is 1. The number of aromatic nitrogens is 2. The van der Waals surface area contributed by atoms with Crippen molar-refractivity contribution in [2.24, 2.45) is 5.92 Å². The molecule has 2 heterocycles. The highest BCUT2D eigenvalue weighted by atomic mass is 16.5. The fourth-order valence-corrected chi connectivity index (χ4v) is 4.30. The molecule has 2 fully saturated rings. The molecule has 1 aliphatic heterocycles. The third-order valence-corrected chi connectivity index (χ3v) is 5.41. The lowest BCUT2D eigenvalue weighted by atomic mass is 9.78. The molecular weight excluding hydrogens is 286 g/mol. The Bertz CT molecular complexity index is 623. The van der Waals surface area contributed by atoms with Gasteiger partial charge in [-0.1, -0.05) is 48.3 Å². The molecule has 2 aromatic rings. The summed E-state index contributed by atoms with van der Waals surface area (Å²) in [6.07, 6.45) is 9.00. The second-order valence-corrected chi connectivity index (χ2v) is 6.99. The average molecular weight is 311 g/mol. The second kappa shape index (κ2) is 6.83. The van der Waals surface area contributed by atoms with Crippen LogP contribution in [0.3, 0.4) is 0 Å². The Morgan fingerprint density at radius 2 is 1.87 bits per heavy atom. The molecule has 4 rings (SSSR count). The summed E-state index contributed by atoms with van der Waals surface area (Å²) < 4.78 is 5.52. The summed E-state index contributed by atoms with van der Waals surface area (Å²) in [7, 11) is 0. The molecule has 4 nitrogen and oxygen atoms in total. The second-order valence-electron chi connectivity index (χ2n) is 6.99. The van der Waals surface area contributed by atoms with Crippen LogP contribution < -0.4 is 0 Å². The summed E-state index contributed by atoms with van der Waals surface area (Å²) >= 11 is 0. The minimum absolute atomic E-state index is 0.738. The fourth-order valence-electron chi connectivity index (χ4n) is 4.30. The van der Waals surface area contributed by atoms with Crippen LogP contribution in [0.25, 0.3) is 0 Å². The van der Waals surface area contributed by atoms with Gasteiger partial charge < -0.3 is 4.52 Å². The molecule has 2 aliphatic rings. The SMILES string of the molecule is c1ccc(Cc2noc(CN3CCC[C@@H]4CCCC[C@@H]43)n2)cc1. The predicted molar refractivity (Wildman–Crippen MR) is 88.9 cm³/mol. The Hall–Kier alpha value is -1.68. The minimum Gasteiger partial charge on any atom is -0.338 e. The van der Waals surface area contributed by atoms with E-state index in [-0.39, 0.29) is 0 Å². The van der Waals surface area contributed by atoms with E-state index in [0.717, 1.165) is 36.6 Å². The Kier molecular flexibility index (Phi) is 4.42. The molecule has 23 heavy (non-hydrogen) atoms. The Balaban J connectivity index is 1.41. The van der Waals surface area contributed by atoms with Crippen LogP contribution in [0, 0.1) is 5.92 Å². The normalized spacial score (nSPS) is 25.2. The predicted octanol–water partition coefficient (Wildman–Crippen LogP) is 3.82. The molecule has 1 saturated carbocycles. The summed E-state index contributed by atoms with van der Waals surface area (Å²) in [5.74, 6) is 2.47. The Morgan fingerprint density at radius 3 is 2.78 bits per heavy atom. The molecule has 0 radical (unpaired) electrons. The van der Waals surface area contributed by atoms with Crippen molar-refractivity contribution in [3.05, 3.63) is 47.6 Å². The minimum atomic E-state index is 0.738. The van der Waals surface area contributed by atoms with Gasteiger partial charge >= 0.3 is 0 Å². The summed E-state index contributed by atoms with van der Waals surface area (Å²) in [4.78, 5) is 7.21. The van der Waals surface area contributed by atoms with Crippen LogP contribution in [0.2, 0.25) is 0 Å². The average Bonchev–Trinajstić information content (AvgIpc) is 3.03. The highest BCUT2D eigenvalue weighted by Crippen LogP contribution is 2.35. The number of hydrogen-bond donors (Lipinski definition) is 0. The van der Waals surface area contributed by atoms with Crippen LogP contribution in [0.15, 0.2) is 34.9 Å². The first-order valence-corrected chi connectivity index (χ1v) is 8.98. The zero-order valence-electron chi connectivity index (χ0n) is 13.7. The highest BCUT2D eigenvalue weighted by Gasteiger charge is 2.33. The quantitative estimate of drug-likeness (QED) is 0.861. The summed E-state index contributed by atoms with van der Waals surface area (Å²) in [6, 6.07) is 11.1. The van der Waals surface area contributed by atoms with E-state index < -0.39 is 0 Å². The van der Waals surface area contributed by atoms with E-state index in [1.165, 1.54) is 50.6 Å². The van der Waals surface area contributed by atoms with Gasteiger partial charge in [-0.3, -0.25) is 4.90 Å². The van der Waals surface area contributed by atoms with Gasteiger partial charge in [-0.05, 0) is 43.7 Å². The summed E-state index contributed by atoms with van der Waals surface area (Å²) in [5, 5.41) is 4.17. The van der Waals surface area contributed by atoms with Gasteiger partial charge in [0.15, 0.2) is 5.82 Å². The van der Waals surface area contributed by atoms with Gasteiger partial charge in [0.25, 0.3) is 0 Å². The molecule has 1 aromatic carbocycles. The van der Waals surface area contributed by atoms with E-state index >= 15 is 0 Å². The molecule has 1 aliphatic carbocycles. The molecule has 0 unspecified atom stereocenters. The van der Waals surface area contributed by atoms with E-state index in [2.05, 4.69) is 27.2 Å². The monoisotopic (exact) mass is 311 g/mol. The lowest BCUT2D eigenvalue weighted by Crippen LogP contribution is -2.46. The van der Waals surface area contributed by atoms with E-state index in [9.17, 15) is 0 Å². The van der Waals surface area contributed by atoms with Crippen molar-refractivity contribution in [2.75, 3.05) is 6.54 Å². The zero-order valence-corrected chi connectivity index (χ0v) is 13.7. The van der Waals surface area contributed by atoms with Crippen molar-refractivity contribution in [2.45, 2.75) is 57.5 Å². The molecule has 4 heteroatoms. The summed E-state index contributed by atoms with van der Waals surface area (Å²) in [5.41, 5.74) is 1.23. The first kappa shape index (κ1) is 14.9. The fraction of sp³-hybridized carbons (Fsp3) is 0.579. The lowest BCUT2D eigenvalue weighted by Gasteiger charge is -2.43. The van der Waals surface area contributed by atoms with Gasteiger partial charge in [0, 0.05) is 12.5 Å². The van der Waals surface area contributed by atoms with Crippen LogP contribution in [-0.4, -0.2) is 27.6 Å². The molecule has 0 bridgehead atoms. The van der Waals surface area contributed by atoms with E-state index in [1.807, 2.05) is 18.2 Å². The van der Waals surface area contributed by atoms with Crippen molar-refractivity contribution in [3.63, 3.8) is 0 Å². The van der Waals surface area contributed by atoms with Gasteiger partial charge in [-0.2, -0.15) is 4.98 Å². The molecule has 0 spiro atoms. The van der Waals surface area contributed by atoms with Gasteiger partial charge in [0.05, 0.1) is 6.54 Å². The topological polar surface area (TPSA) is 42.2 Å². The van der Waals surface area contributed by atoms with E-state index in [0.29, 0.717) is 0 Å². The largest absolute Gasteiger partial charge is 0.338 e. The van der Waals surface area contributed by atoms with Gasteiger partial charge in [0.1, 0.15) is 0 Å². The van der Waals surface area contributed by atoms with Gasteiger partial charge in [0.2, 0.25) is 5.89 Å². The molecule has 2 atom stereocenters. The van der Waals surface area contributed by atoms with Crippen molar-refractivity contribution < 1.29 is 4.52 Å². The number of fused-ring (bicyclic) bond motifs is 1. The molecule has 1 aromatic heterocycles. The molecule has 1 saturated heterocycles. The van der Waals surface area contributed by atoms with Crippen molar-refractivity contribution in [1.82, 2.24) is 15.0 Å². The molecular formula is C19H25N3O. The number of hydrogen-bond acceptors (Lipinski definition) is 4. The Labute approximate surface area is 137 Å². The molecule has 0 amide bonds. The van der Waals surface area contributed by atoms with Crippen molar-refractivity contribution >= 4 is 0 Å². The number of piperidine rings is 1. The van der Waals surface area contributed by atoms with Crippen molar-refractivity contribution in [3.8, 4) is 0 Å². The van der Waals surface area contributed by atoms with E-state index in [1.54, 1.807) is 0 Å². The lowest BCUT2D eigenvalue weighted by molar-refractivity contribution is 0.0466. The van der Waals surface area contributed by atoms with Crippen molar-refractivity contribution in [1.29, 1.82) is 0 Å². The first-order chi connectivity index (χ1) is 11.4. The van der Waals surface area contributed by atoms with Gasteiger partial charge in [-0.15, -0.1) is 0 Å². The third kappa shape index (κ3) is 3.47. The first-order valence-electron chi connectivity index (χ1n) is 8.98. The maximum absolute atomic E-state index is 5.52.